The number of methoxy groups -OCH3 is 1. The number of hydrogen-bond donors (Lipinski definition) is 1. The Morgan fingerprint density at radius 2 is 2.15 bits per heavy atom. The second-order valence-corrected chi connectivity index (χ2v) is 5.64. The van der Waals surface area contributed by atoms with Crippen molar-refractivity contribution in [3.8, 4) is 11.5 Å². The first-order chi connectivity index (χ1) is 9.63. The molecule has 1 heterocycles. The molecule has 0 atom stereocenters. The number of hydrogen-bond acceptors (Lipinski definition) is 5. The Kier molecular flexibility index (Phi) is 4.98. The van der Waals surface area contributed by atoms with Crippen LogP contribution in [0.5, 0.6) is 11.5 Å². The van der Waals surface area contributed by atoms with Crippen LogP contribution in [0.15, 0.2) is 23.6 Å². The minimum Gasteiger partial charge on any atom is -0.497 e. The molecule has 0 amide bonds. The Hall–Kier alpha value is -1.59. The third kappa shape index (κ3) is 3.49. The minimum absolute atomic E-state index is 0.0619. The lowest BCUT2D eigenvalue weighted by atomic mass is 10.2. The fourth-order valence-electron chi connectivity index (χ4n) is 1.73. The molecule has 4 nitrogen and oxygen atoms in total. The molecule has 5 heteroatoms. The minimum atomic E-state index is -0.0619. The van der Waals surface area contributed by atoms with Crippen LogP contribution in [0.3, 0.4) is 0 Å². The van der Waals surface area contributed by atoms with Crippen molar-refractivity contribution in [1.29, 1.82) is 0 Å². The second-order valence-electron chi connectivity index (χ2n) is 4.75. The Morgan fingerprint density at radius 3 is 2.75 bits per heavy atom. The summed E-state index contributed by atoms with van der Waals surface area (Å²) < 4.78 is 10.9. The molecular formula is C15H19NO3S. The van der Waals surface area contributed by atoms with E-state index in [1.165, 1.54) is 0 Å². The molecule has 0 aliphatic heterocycles. The van der Waals surface area contributed by atoms with Gasteiger partial charge in [0.2, 0.25) is 0 Å². The van der Waals surface area contributed by atoms with Gasteiger partial charge in [-0.05, 0) is 12.1 Å². The van der Waals surface area contributed by atoms with Crippen LogP contribution in [-0.2, 0) is 13.2 Å². The van der Waals surface area contributed by atoms with Gasteiger partial charge in [0.1, 0.15) is 18.1 Å². The molecular weight excluding hydrogens is 274 g/mol. The quantitative estimate of drug-likeness (QED) is 0.887. The van der Waals surface area contributed by atoms with Crippen LogP contribution in [-0.4, -0.2) is 17.2 Å². The van der Waals surface area contributed by atoms with Crippen molar-refractivity contribution in [3.05, 3.63) is 39.8 Å². The first-order valence-electron chi connectivity index (χ1n) is 6.49. The van der Waals surface area contributed by atoms with Crippen LogP contribution >= 0.6 is 11.3 Å². The van der Waals surface area contributed by atoms with E-state index in [0.29, 0.717) is 24.0 Å². The summed E-state index contributed by atoms with van der Waals surface area (Å²) in [5.74, 6) is 1.77. The maximum absolute atomic E-state index is 9.32. The SMILES string of the molecule is COc1ccc(CO)c(OCc2csc(C(C)C)n2)c1. The molecule has 0 spiro atoms. The fraction of sp³-hybridized carbons (Fsp3) is 0.400. The molecule has 0 unspecified atom stereocenters. The first kappa shape index (κ1) is 14.8. The van der Waals surface area contributed by atoms with Gasteiger partial charge >= 0.3 is 0 Å². The van der Waals surface area contributed by atoms with Crippen LogP contribution in [0, 0.1) is 0 Å². The van der Waals surface area contributed by atoms with E-state index in [9.17, 15) is 5.11 Å². The van der Waals surface area contributed by atoms with E-state index in [-0.39, 0.29) is 6.61 Å². The topological polar surface area (TPSA) is 51.6 Å². The van der Waals surface area contributed by atoms with Crippen molar-refractivity contribution in [2.75, 3.05) is 7.11 Å². The molecule has 1 aromatic carbocycles. The highest BCUT2D eigenvalue weighted by molar-refractivity contribution is 7.09. The summed E-state index contributed by atoms with van der Waals surface area (Å²) in [4.78, 5) is 4.52. The normalized spacial score (nSPS) is 10.8. The number of aromatic nitrogens is 1. The molecule has 1 aromatic heterocycles. The van der Waals surface area contributed by atoms with Crippen LogP contribution in [0.4, 0.5) is 0 Å². The molecule has 0 bridgehead atoms. The Bertz CT molecular complexity index is 566. The van der Waals surface area contributed by atoms with Crippen LogP contribution in [0.1, 0.15) is 36.0 Å². The van der Waals surface area contributed by atoms with Gasteiger partial charge in [-0.25, -0.2) is 4.98 Å². The van der Waals surface area contributed by atoms with Crippen molar-refractivity contribution in [1.82, 2.24) is 4.98 Å². The summed E-state index contributed by atoms with van der Waals surface area (Å²) in [6.07, 6.45) is 0. The number of benzene rings is 1. The summed E-state index contributed by atoms with van der Waals surface area (Å²) in [6.45, 7) is 4.57. The molecule has 0 aliphatic carbocycles. The predicted molar refractivity (Wildman–Crippen MR) is 79.5 cm³/mol. The van der Waals surface area contributed by atoms with Gasteiger partial charge in [-0.3, -0.25) is 0 Å². The zero-order valence-electron chi connectivity index (χ0n) is 11.9. The third-order valence-electron chi connectivity index (χ3n) is 2.88. The molecule has 20 heavy (non-hydrogen) atoms. The molecule has 1 N–H and O–H groups in total. The van der Waals surface area contributed by atoms with E-state index in [1.54, 1.807) is 36.6 Å². The van der Waals surface area contributed by atoms with Crippen molar-refractivity contribution < 1.29 is 14.6 Å². The lowest BCUT2D eigenvalue weighted by molar-refractivity contribution is 0.256. The van der Waals surface area contributed by atoms with Crippen molar-refractivity contribution in [2.45, 2.75) is 33.0 Å². The summed E-state index contributed by atoms with van der Waals surface area (Å²) in [6, 6.07) is 5.38. The van der Waals surface area contributed by atoms with Gasteiger partial charge in [0, 0.05) is 22.9 Å². The van der Waals surface area contributed by atoms with Gasteiger partial charge in [0.15, 0.2) is 0 Å². The molecule has 0 saturated heterocycles. The number of nitrogens with zero attached hydrogens (tertiary/aromatic N) is 1. The van der Waals surface area contributed by atoms with Gasteiger partial charge in [0.05, 0.1) is 24.4 Å². The first-order valence-corrected chi connectivity index (χ1v) is 7.37. The zero-order chi connectivity index (χ0) is 14.5. The van der Waals surface area contributed by atoms with Gasteiger partial charge < -0.3 is 14.6 Å². The molecule has 108 valence electrons. The van der Waals surface area contributed by atoms with E-state index >= 15 is 0 Å². The smallest absolute Gasteiger partial charge is 0.131 e. The Morgan fingerprint density at radius 1 is 1.35 bits per heavy atom. The van der Waals surface area contributed by atoms with Crippen molar-refractivity contribution >= 4 is 11.3 Å². The monoisotopic (exact) mass is 293 g/mol. The lowest BCUT2D eigenvalue weighted by Gasteiger charge is -2.10. The molecule has 2 rings (SSSR count). The third-order valence-corrected chi connectivity index (χ3v) is 4.08. The number of ether oxygens (including phenoxy) is 2. The average molecular weight is 293 g/mol. The van der Waals surface area contributed by atoms with E-state index in [0.717, 1.165) is 16.3 Å². The number of aliphatic hydroxyl groups excluding tert-OH is 1. The maximum Gasteiger partial charge on any atom is 0.131 e. The van der Waals surface area contributed by atoms with Gasteiger partial charge in [0.25, 0.3) is 0 Å². The number of rotatable bonds is 6. The summed E-state index contributed by atoms with van der Waals surface area (Å²) >= 11 is 1.65. The van der Waals surface area contributed by atoms with Crippen molar-refractivity contribution in [2.24, 2.45) is 0 Å². The van der Waals surface area contributed by atoms with Crippen LogP contribution < -0.4 is 9.47 Å². The summed E-state index contributed by atoms with van der Waals surface area (Å²) in [7, 11) is 1.60. The zero-order valence-corrected chi connectivity index (χ0v) is 12.7. The van der Waals surface area contributed by atoms with E-state index in [2.05, 4.69) is 18.8 Å². The van der Waals surface area contributed by atoms with E-state index in [4.69, 9.17) is 9.47 Å². The Balaban J connectivity index is 2.09. The van der Waals surface area contributed by atoms with E-state index in [1.807, 2.05) is 5.38 Å². The predicted octanol–water partition coefficient (Wildman–Crippen LogP) is 3.35. The Labute approximate surface area is 123 Å². The lowest BCUT2D eigenvalue weighted by Crippen LogP contribution is -2.00. The average Bonchev–Trinajstić information content (AvgIpc) is 2.93. The highest BCUT2D eigenvalue weighted by Gasteiger charge is 2.09. The molecule has 0 saturated carbocycles. The molecule has 0 aliphatic rings. The van der Waals surface area contributed by atoms with Gasteiger partial charge in [-0.1, -0.05) is 13.8 Å². The fourth-order valence-corrected chi connectivity index (χ4v) is 2.55. The summed E-state index contributed by atoms with van der Waals surface area (Å²) in [5, 5.41) is 12.4. The standard InChI is InChI=1S/C15H19NO3S/c1-10(2)15-16-12(9-20-15)8-19-14-6-13(18-3)5-4-11(14)7-17/h4-6,9-10,17H,7-8H2,1-3H3. The van der Waals surface area contributed by atoms with Crippen molar-refractivity contribution in [3.63, 3.8) is 0 Å². The molecule has 0 radical (unpaired) electrons. The molecule has 2 aromatic rings. The van der Waals surface area contributed by atoms with Crippen LogP contribution in [0.25, 0.3) is 0 Å². The summed E-state index contributed by atoms with van der Waals surface area (Å²) in [5.41, 5.74) is 1.65. The maximum atomic E-state index is 9.32. The van der Waals surface area contributed by atoms with E-state index < -0.39 is 0 Å². The van der Waals surface area contributed by atoms with Gasteiger partial charge in [-0.2, -0.15) is 0 Å². The largest absolute Gasteiger partial charge is 0.497 e. The molecule has 0 fully saturated rings. The highest BCUT2D eigenvalue weighted by atomic mass is 32.1. The highest BCUT2D eigenvalue weighted by Crippen LogP contribution is 2.26. The number of aliphatic hydroxyl groups is 1. The number of thiazole rings is 1. The second kappa shape index (κ2) is 6.72. The van der Waals surface area contributed by atoms with Crippen LogP contribution in [0.2, 0.25) is 0 Å². The van der Waals surface area contributed by atoms with Gasteiger partial charge in [-0.15, -0.1) is 11.3 Å².